The van der Waals surface area contributed by atoms with Crippen molar-refractivity contribution in [2.45, 2.75) is 24.5 Å². The third-order valence-electron chi connectivity index (χ3n) is 3.48. The zero-order valence-corrected chi connectivity index (χ0v) is 9.42. The molecule has 2 N–H and O–H groups in total. The Morgan fingerprint density at radius 2 is 2.00 bits per heavy atom. The van der Waals surface area contributed by atoms with E-state index in [0.29, 0.717) is 12.8 Å². The lowest BCUT2D eigenvalue weighted by Crippen LogP contribution is -2.44. The summed E-state index contributed by atoms with van der Waals surface area (Å²) in [5.41, 5.74) is 0. The zero-order valence-electron chi connectivity index (χ0n) is 8.60. The van der Waals surface area contributed by atoms with Gasteiger partial charge in [-0.1, -0.05) is 6.92 Å². The van der Waals surface area contributed by atoms with Crippen LogP contribution in [-0.4, -0.2) is 42.8 Å². The first-order valence-electron chi connectivity index (χ1n) is 4.78. The Morgan fingerprint density at radius 3 is 2.21 bits per heavy atom. The van der Waals surface area contributed by atoms with E-state index >= 15 is 0 Å². The smallest absolute Gasteiger partial charge is 0.155 e. The van der Waals surface area contributed by atoms with Crippen LogP contribution in [0.5, 0.6) is 0 Å². The van der Waals surface area contributed by atoms with Crippen LogP contribution < -0.4 is 0 Å². The van der Waals surface area contributed by atoms with E-state index in [0.717, 1.165) is 0 Å². The van der Waals surface area contributed by atoms with Gasteiger partial charge in [-0.2, -0.15) is 0 Å². The van der Waals surface area contributed by atoms with E-state index in [1.54, 1.807) is 0 Å². The SMILES string of the molecule is C[C@@H]1C[C@@H](CO)C[C@]1(CO)S(C)(=O)=O. The summed E-state index contributed by atoms with van der Waals surface area (Å²) in [7, 11) is -3.27. The second-order valence-corrected chi connectivity index (χ2v) is 6.74. The van der Waals surface area contributed by atoms with Crippen molar-refractivity contribution in [3.63, 3.8) is 0 Å². The van der Waals surface area contributed by atoms with Crippen molar-refractivity contribution in [3.8, 4) is 0 Å². The molecule has 0 bridgehead atoms. The molecule has 0 aromatic carbocycles. The van der Waals surface area contributed by atoms with Crippen LogP contribution >= 0.6 is 0 Å². The van der Waals surface area contributed by atoms with Crippen LogP contribution in [-0.2, 0) is 9.84 Å². The molecular formula is C9H18O4S. The summed E-state index contributed by atoms with van der Waals surface area (Å²) >= 11 is 0. The Bertz CT molecular complexity index is 298. The molecule has 14 heavy (non-hydrogen) atoms. The van der Waals surface area contributed by atoms with Gasteiger partial charge in [0.25, 0.3) is 0 Å². The Morgan fingerprint density at radius 1 is 1.43 bits per heavy atom. The molecule has 4 nitrogen and oxygen atoms in total. The maximum Gasteiger partial charge on any atom is 0.155 e. The van der Waals surface area contributed by atoms with E-state index in [2.05, 4.69) is 0 Å². The molecule has 0 aromatic heterocycles. The summed E-state index contributed by atoms with van der Waals surface area (Å²) in [6.07, 6.45) is 2.21. The van der Waals surface area contributed by atoms with Crippen LogP contribution in [0.15, 0.2) is 0 Å². The fourth-order valence-corrected chi connectivity index (χ4v) is 4.08. The van der Waals surface area contributed by atoms with Gasteiger partial charge in [-0.15, -0.1) is 0 Å². The molecule has 0 radical (unpaired) electrons. The summed E-state index contributed by atoms with van der Waals surface area (Å²) in [6.45, 7) is 1.48. The molecule has 1 aliphatic rings. The lowest BCUT2D eigenvalue weighted by atomic mass is 9.98. The van der Waals surface area contributed by atoms with Gasteiger partial charge in [0.15, 0.2) is 9.84 Å². The van der Waals surface area contributed by atoms with E-state index in [-0.39, 0.29) is 25.0 Å². The summed E-state index contributed by atoms with van der Waals surface area (Å²) in [4.78, 5) is 0. The van der Waals surface area contributed by atoms with Crippen molar-refractivity contribution < 1.29 is 18.6 Å². The van der Waals surface area contributed by atoms with E-state index in [1.807, 2.05) is 6.92 Å². The predicted molar refractivity (Wildman–Crippen MR) is 53.6 cm³/mol. The number of hydrogen-bond donors (Lipinski definition) is 2. The topological polar surface area (TPSA) is 74.6 Å². The molecule has 1 fully saturated rings. The molecule has 3 atom stereocenters. The second kappa shape index (κ2) is 3.79. The van der Waals surface area contributed by atoms with Crippen molar-refractivity contribution in [1.82, 2.24) is 0 Å². The van der Waals surface area contributed by atoms with Gasteiger partial charge in [0.05, 0.1) is 11.4 Å². The van der Waals surface area contributed by atoms with E-state index in [1.165, 1.54) is 6.26 Å². The molecule has 84 valence electrons. The van der Waals surface area contributed by atoms with Crippen molar-refractivity contribution >= 4 is 9.84 Å². The minimum absolute atomic E-state index is 0.00160. The van der Waals surface area contributed by atoms with Crippen LogP contribution in [0.4, 0.5) is 0 Å². The molecule has 1 rings (SSSR count). The fraction of sp³-hybridized carbons (Fsp3) is 1.00. The average Bonchev–Trinajstić information content (AvgIpc) is 2.42. The van der Waals surface area contributed by atoms with Gasteiger partial charge < -0.3 is 10.2 Å². The second-order valence-electron chi connectivity index (χ2n) is 4.38. The van der Waals surface area contributed by atoms with Gasteiger partial charge in [-0.3, -0.25) is 0 Å². The first kappa shape index (κ1) is 11.9. The number of aliphatic hydroxyl groups excluding tert-OH is 2. The highest BCUT2D eigenvalue weighted by atomic mass is 32.2. The monoisotopic (exact) mass is 222 g/mol. The van der Waals surface area contributed by atoms with Gasteiger partial charge >= 0.3 is 0 Å². The maximum atomic E-state index is 11.6. The van der Waals surface area contributed by atoms with Crippen molar-refractivity contribution in [1.29, 1.82) is 0 Å². The normalized spacial score (nSPS) is 38.9. The lowest BCUT2D eigenvalue weighted by Gasteiger charge is -2.29. The number of hydrogen-bond acceptors (Lipinski definition) is 4. The van der Waals surface area contributed by atoms with Crippen LogP contribution in [0.25, 0.3) is 0 Å². The van der Waals surface area contributed by atoms with Crippen molar-refractivity contribution in [2.75, 3.05) is 19.5 Å². The summed E-state index contributed by atoms with van der Waals surface area (Å²) in [6, 6.07) is 0. The van der Waals surface area contributed by atoms with Gasteiger partial charge in [-0.05, 0) is 24.7 Å². The van der Waals surface area contributed by atoms with Gasteiger partial charge in [-0.25, -0.2) is 8.42 Å². The molecule has 0 aromatic rings. The molecule has 0 amide bonds. The molecule has 0 saturated heterocycles. The number of sulfone groups is 1. The Labute approximate surface area is 84.9 Å². The van der Waals surface area contributed by atoms with Gasteiger partial charge in [0.1, 0.15) is 0 Å². The van der Waals surface area contributed by atoms with E-state index in [9.17, 15) is 13.5 Å². The van der Waals surface area contributed by atoms with Gasteiger partial charge in [0.2, 0.25) is 0 Å². The molecule has 0 heterocycles. The first-order chi connectivity index (χ1) is 6.37. The third kappa shape index (κ3) is 1.68. The van der Waals surface area contributed by atoms with Crippen LogP contribution in [0.2, 0.25) is 0 Å². The van der Waals surface area contributed by atoms with Crippen LogP contribution in [0.3, 0.4) is 0 Å². The Hall–Kier alpha value is -0.130. The molecule has 1 saturated carbocycles. The highest BCUT2D eigenvalue weighted by Crippen LogP contribution is 2.44. The minimum atomic E-state index is -3.27. The molecular weight excluding hydrogens is 204 g/mol. The predicted octanol–water partition coefficient (Wildman–Crippen LogP) is -0.200. The molecule has 1 aliphatic carbocycles. The maximum absolute atomic E-state index is 11.6. The van der Waals surface area contributed by atoms with Crippen LogP contribution in [0.1, 0.15) is 19.8 Å². The Kier molecular flexibility index (Phi) is 3.23. The zero-order chi connectivity index (χ0) is 11.0. The minimum Gasteiger partial charge on any atom is -0.396 e. The lowest BCUT2D eigenvalue weighted by molar-refractivity contribution is 0.205. The molecule has 0 spiro atoms. The molecule has 0 unspecified atom stereocenters. The quantitative estimate of drug-likeness (QED) is 0.693. The summed E-state index contributed by atoms with van der Waals surface area (Å²) < 4.78 is 22.2. The fourth-order valence-electron chi connectivity index (χ4n) is 2.48. The summed E-state index contributed by atoms with van der Waals surface area (Å²) in [5.74, 6) is -0.0773. The highest BCUT2D eigenvalue weighted by molar-refractivity contribution is 7.92. The van der Waals surface area contributed by atoms with Crippen LogP contribution in [0, 0.1) is 11.8 Å². The highest BCUT2D eigenvalue weighted by Gasteiger charge is 2.51. The number of aliphatic hydroxyl groups is 2. The average molecular weight is 222 g/mol. The van der Waals surface area contributed by atoms with Crippen molar-refractivity contribution in [2.24, 2.45) is 11.8 Å². The van der Waals surface area contributed by atoms with Gasteiger partial charge in [0, 0.05) is 12.9 Å². The van der Waals surface area contributed by atoms with E-state index in [4.69, 9.17) is 5.11 Å². The molecule has 5 heteroatoms. The summed E-state index contributed by atoms with van der Waals surface area (Å²) in [5, 5.41) is 18.3. The standard InChI is InChI=1S/C9H18O4S/c1-7-3-8(5-10)4-9(7,6-11)14(2,12)13/h7-8,10-11H,3-6H2,1-2H3/t7-,8-,9-/m1/s1. The Balaban J connectivity index is 3.03. The third-order valence-corrected chi connectivity index (χ3v) is 5.66. The van der Waals surface area contributed by atoms with Crippen molar-refractivity contribution in [3.05, 3.63) is 0 Å². The number of rotatable bonds is 3. The molecule has 0 aliphatic heterocycles. The van der Waals surface area contributed by atoms with E-state index < -0.39 is 14.6 Å². The largest absolute Gasteiger partial charge is 0.396 e. The first-order valence-corrected chi connectivity index (χ1v) is 6.68.